The summed E-state index contributed by atoms with van der Waals surface area (Å²) >= 11 is 0. The summed E-state index contributed by atoms with van der Waals surface area (Å²) in [5, 5.41) is 5.60. The number of benzene rings is 2. The van der Waals surface area contributed by atoms with Crippen LogP contribution in [0, 0.1) is 0 Å². The first-order chi connectivity index (χ1) is 14.4. The highest BCUT2D eigenvalue weighted by Crippen LogP contribution is 2.36. The summed E-state index contributed by atoms with van der Waals surface area (Å²) in [6.45, 7) is 5.79. The quantitative estimate of drug-likeness (QED) is 0.678. The largest absolute Gasteiger partial charge is 0.493 e. The zero-order chi connectivity index (χ0) is 21.7. The van der Waals surface area contributed by atoms with E-state index in [9.17, 15) is 9.59 Å². The monoisotopic (exact) mass is 410 g/mol. The van der Waals surface area contributed by atoms with Gasteiger partial charge in [-0.3, -0.25) is 0 Å². The molecule has 3 rings (SSSR count). The van der Waals surface area contributed by atoms with Gasteiger partial charge in [0.15, 0.2) is 11.5 Å². The Labute approximate surface area is 176 Å². The van der Waals surface area contributed by atoms with Gasteiger partial charge in [0.1, 0.15) is 0 Å². The lowest BCUT2D eigenvalue weighted by molar-refractivity contribution is -0.138. The van der Waals surface area contributed by atoms with Crippen LogP contribution in [0.15, 0.2) is 54.1 Å². The van der Waals surface area contributed by atoms with E-state index in [0.29, 0.717) is 33.9 Å². The molecule has 2 N–H and O–H groups in total. The molecule has 2 aromatic carbocycles. The van der Waals surface area contributed by atoms with Crippen molar-refractivity contribution in [2.24, 2.45) is 0 Å². The highest BCUT2D eigenvalue weighted by molar-refractivity contribution is 6.04. The Hall–Kier alpha value is -3.48. The maximum absolute atomic E-state index is 12.9. The molecule has 0 saturated carbocycles. The lowest BCUT2D eigenvalue weighted by Gasteiger charge is -2.30. The van der Waals surface area contributed by atoms with Gasteiger partial charge in [-0.1, -0.05) is 36.4 Å². The van der Waals surface area contributed by atoms with Crippen molar-refractivity contribution in [2.75, 3.05) is 13.7 Å². The van der Waals surface area contributed by atoms with Crippen molar-refractivity contribution in [3.05, 3.63) is 65.2 Å². The van der Waals surface area contributed by atoms with Gasteiger partial charge >= 0.3 is 12.0 Å². The number of ether oxygens (including phenoxy) is 3. The van der Waals surface area contributed by atoms with Crippen LogP contribution in [-0.4, -0.2) is 31.8 Å². The fraction of sp³-hybridized carbons (Fsp3) is 0.304. The number of hydrogen-bond donors (Lipinski definition) is 2. The topological polar surface area (TPSA) is 85.9 Å². The molecule has 0 aliphatic carbocycles. The summed E-state index contributed by atoms with van der Waals surface area (Å²) in [5.41, 5.74) is 2.14. The van der Waals surface area contributed by atoms with Crippen molar-refractivity contribution in [3.63, 3.8) is 0 Å². The van der Waals surface area contributed by atoms with Gasteiger partial charge in [0.05, 0.1) is 37.1 Å². The standard InChI is InChI=1S/C23H26N2O5/c1-5-29-22(26)19-20(15-9-7-6-8-10-15)24-23(27)25-21(19)16-11-12-17(28-4)18(13-16)30-14(2)3/h6-14,21H,5H2,1-4H3,(H2,24,25,27). The molecule has 0 saturated heterocycles. The van der Waals surface area contributed by atoms with E-state index in [2.05, 4.69) is 10.6 Å². The molecule has 7 nitrogen and oxygen atoms in total. The average molecular weight is 410 g/mol. The smallest absolute Gasteiger partial charge is 0.338 e. The highest BCUT2D eigenvalue weighted by atomic mass is 16.5. The second-order valence-corrected chi connectivity index (χ2v) is 6.98. The molecule has 1 unspecified atom stereocenters. The number of carbonyl (C=O) groups is 2. The summed E-state index contributed by atoms with van der Waals surface area (Å²) in [6, 6.07) is 13.4. The third-order valence-corrected chi connectivity index (χ3v) is 4.51. The summed E-state index contributed by atoms with van der Waals surface area (Å²) in [7, 11) is 1.56. The molecule has 2 aromatic rings. The van der Waals surface area contributed by atoms with Crippen LogP contribution in [0.25, 0.3) is 5.70 Å². The van der Waals surface area contributed by atoms with E-state index in [1.807, 2.05) is 44.2 Å². The third kappa shape index (κ3) is 4.56. The molecule has 0 spiro atoms. The summed E-state index contributed by atoms with van der Waals surface area (Å²) in [4.78, 5) is 25.4. The number of urea groups is 1. The predicted octanol–water partition coefficient (Wildman–Crippen LogP) is 3.81. The molecule has 7 heteroatoms. The van der Waals surface area contributed by atoms with Crippen LogP contribution < -0.4 is 20.1 Å². The molecule has 2 amide bonds. The molecule has 1 atom stereocenters. The first-order valence-electron chi connectivity index (χ1n) is 9.83. The predicted molar refractivity (Wildman–Crippen MR) is 113 cm³/mol. The van der Waals surface area contributed by atoms with Gasteiger partial charge in [-0.15, -0.1) is 0 Å². The number of nitrogens with one attached hydrogen (secondary N) is 2. The number of rotatable bonds is 7. The first-order valence-corrected chi connectivity index (χ1v) is 9.83. The molecule has 1 aliphatic rings. The van der Waals surface area contributed by atoms with Crippen LogP contribution in [0.5, 0.6) is 11.5 Å². The molecule has 30 heavy (non-hydrogen) atoms. The molecule has 0 fully saturated rings. The van der Waals surface area contributed by atoms with Gasteiger partial charge in [-0.25, -0.2) is 9.59 Å². The zero-order valence-corrected chi connectivity index (χ0v) is 17.5. The Balaban J connectivity index is 2.16. The minimum absolute atomic E-state index is 0.0725. The molecule has 1 heterocycles. The van der Waals surface area contributed by atoms with Gasteiger partial charge in [-0.05, 0) is 44.0 Å². The normalized spacial score (nSPS) is 16.0. The molecule has 0 bridgehead atoms. The average Bonchev–Trinajstić information content (AvgIpc) is 2.73. The van der Waals surface area contributed by atoms with E-state index in [-0.39, 0.29) is 12.7 Å². The Morgan fingerprint density at radius 1 is 1.10 bits per heavy atom. The van der Waals surface area contributed by atoms with E-state index in [4.69, 9.17) is 14.2 Å². The Morgan fingerprint density at radius 3 is 2.47 bits per heavy atom. The van der Waals surface area contributed by atoms with Crippen molar-refractivity contribution in [3.8, 4) is 11.5 Å². The minimum Gasteiger partial charge on any atom is -0.493 e. The SMILES string of the molecule is CCOC(=O)C1=C(c2ccccc2)NC(=O)NC1c1ccc(OC)c(OC(C)C)c1. The van der Waals surface area contributed by atoms with Crippen molar-refractivity contribution in [2.45, 2.75) is 32.9 Å². The lowest BCUT2D eigenvalue weighted by atomic mass is 9.92. The maximum Gasteiger partial charge on any atom is 0.338 e. The maximum atomic E-state index is 12.9. The van der Waals surface area contributed by atoms with Gasteiger partial charge in [0.25, 0.3) is 0 Å². The number of methoxy groups -OCH3 is 1. The first kappa shape index (κ1) is 21.2. The second kappa shape index (κ2) is 9.35. The van der Waals surface area contributed by atoms with E-state index < -0.39 is 18.0 Å². The number of hydrogen-bond acceptors (Lipinski definition) is 5. The summed E-state index contributed by atoms with van der Waals surface area (Å²) in [6.07, 6.45) is -0.0725. The molecular formula is C23H26N2O5. The fourth-order valence-electron chi connectivity index (χ4n) is 3.29. The van der Waals surface area contributed by atoms with E-state index in [0.717, 1.165) is 0 Å². The van der Waals surface area contributed by atoms with Crippen molar-refractivity contribution < 1.29 is 23.8 Å². The van der Waals surface area contributed by atoms with Crippen molar-refractivity contribution >= 4 is 17.7 Å². The molecule has 1 aliphatic heterocycles. The highest BCUT2D eigenvalue weighted by Gasteiger charge is 2.34. The second-order valence-electron chi connectivity index (χ2n) is 6.98. The van der Waals surface area contributed by atoms with E-state index in [1.54, 1.807) is 32.2 Å². The molecule has 0 aromatic heterocycles. The van der Waals surface area contributed by atoms with Crippen molar-refractivity contribution in [1.82, 2.24) is 10.6 Å². The van der Waals surface area contributed by atoms with Crippen LogP contribution in [-0.2, 0) is 9.53 Å². The van der Waals surface area contributed by atoms with Crippen molar-refractivity contribution in [1.29, 1.82) is 0 Å². The van der Waals surface area contributed by atoms with Crippen LogP contribution in [0.3, 0.4) is 0 Å². The molecule has 0 radical (unpaired) electrons. The summed E-state index contributed by atoms with van der Waals surface area (Å²) in [5.74, 6) is 0.593. The van der Waals surface area contributed by atoms with Gasteiger partial charge in [-0.2, -0.15) is 0 Å². The zero-order valence-electron chi connectivity index (χ0n) is 17.5. The molecular weight excluding hydrogens is 384 g/mol. The molecule has 158 valence electrons. The van der Waals surface area contributed by atoms with E-state index in [1.165, 1.54) is 0 Å². The third-order valence-electron chi connectivity index (χ3n) is 4.51. The van der Waals surface area contributed by atoms with Crippen LogP contribution in [0.1, 0.15) is 37.9 Å². The van der Waals surface area contributed by atoms with Gasteiger partial charge < -0.3 is 24.8 Å². The lowest BCUT2D eigenvalue weighted by Crippen LogP contribution is -2.45. The number of esters is 1. The Morgan fingerprint density at radius 2 is 1.83 bits per heavy atom. The number of amides is 2. The van der Waals surface area contributed by atoms with Crippen LogP contribution in [0.2, 0.25) is 0 Å². The Bertz CT molecular complexity index is 953. The van der Waals surface area contributed by atoms with Gasteiger partial charge in [0.2, 0.25) is 0 Å². The Kier molecular flexibility index (Phi) is 6.61. The van der Waals surface area contributed by atoms with Crippen LogP contribution >= 0.6 is 0 Å². The van der Waals surface area contributed by atoms with E-state index >= 15 is 0 Å². The number of carbonyl (C=O) groups excluding carboxylic acids is 2. The van der Waals surface area contributed by atoms with Crippen LogP contribution in [0.4, 0.5) is 4.79 Å². The fourth-order valence-corrected chi connectivity index (χ4v) is 3.29. The minimum atomic E-state index is -0.714. The summed E-state index contributed by atoms with van der Waals surface area (Å²) < 4.78 is 16.6. The van der Waals surface area contributed by atoms with Gasteiger partial charge in [0, 0.05) is 0 Å².